The number of ether oxygens (including phenoxy) is 2. The fourth-order valence-electron chi connectivity index (χ4n) is 4.10. The van der Waals surface area contributed by atoms with Crippen LogP contribution in [0.25, 0.3) is 11.1 Å². The molecule has 0 saturated heterocycles. The highest BCUT2D eigenvalue weighted by molar-refractivity contribution is 5.91. The molecular formula is C23H20N2O3. The molecule has 0 fully saturated rings. The summed E-state index contributed by atoms with van der Waals surface area (Å²) in [5.74, 6) is 0.687. The Kier molecular flexibility index (Phi) is 3.93. The van der Waals surface area contributed by atoms with Crippen LogP contribution in [0.2, 0.25) is 0 Å². The van der Waals surface area contributed by atoms with Crippen molar-refractivity contribution in [3.63, 3.8) is 0 Å². The first kappa shape index (κ1) is 16.7. The Hall–Kier alpha value is -3.47. The first-order valence-corrected chi connectivity index (χ1v) is 9.37. The topological polar surface area (TPSA) is 64.8 Å². The van der Waals surface area contributed by atoms with Crippen molar-refractivity contribution < 1.29 is 14.3 Å². The zero-order valence-electron chi connectivity index (χ0n) is 15.3. The zero-order chi connectivity index (χ0) is 19.1. The minimum Gasteiger partial charge on any atom is -0.490 e. The van der Waals surface area contributed by atoms with E-state index >= 15 is 0 Å². The normalized spacial score (nSPS) is 14.6. The van der Waals surface area contributed by atoms with Gasteiger partial charge in [-0.3, -0.25) is 4.90 Å². The maximum absolute atomic E-state index is 12.9. The van der Waals surface area contributed by atoms with Crippen molar-refractivity contribution in [1.29, 1.82) is 0 Å². The van der Waals surface area contributed by atoms with E-state index < -0.39 is 0 Å². The SMILES string of the molecule is Nc1ccc2c(c1)N(C(=O)OCC1c3ccccc3-c3ccccc31)CCO2. The number of amides is 1. The first-order chi connectivity index (χ1) is 13.7. The number of rotatable bonds is 2. The Bertz CT molecular complexity index is 1020. The van der Waals surface area contributed by atoms with Gasteiger partial charge in [-0.1, -0.05) is 48.5 Å². The molecule has 5 rings (SSSR count). The van der Waals surface area contributed by atoms with Crippen LogP contribution in [0.4, 0.5) is 16.2 Å². The van der Waals surface area contributed by atoms with Crippen LogP contribution >= 0.6 is 0 Å². The molecule has 140 valence electrons. The van der Waals surface area contributed by atoms with Crippen molar-refractivity contribution >= 4 is 17.5 Å². The molecule has 0 spiro atoms. The molecule has 5 heteroatoms. The Morgan fingerprint density at radius 1 is 1.04 bits per heavy atom. The number of fused-ring (bicyclic) bond motifs is 4. The molecule has 0 atom stereocenters. The van der Waals surface area contributed by atoms with Crippen LogP contribution in [0.5, 0.6) is 5.75 Å². The molecule has 0 bridgehead atoms. The minimum absolute atomic E-state index is 0.0395. The lowest BCUT2D eigenvalue weighted by molar-refractivity contribution is 0.147. The lowest BCUT2D eigenvalue weighted by Crippen LogP contribution is -2.38. The highest BCUT2D eigenvalue weighted by Crippen LogP contribution is 2.44. The molecule has 1 aliphatic carbocycles. The van der Waals surface area contributed by atoms with E-state index in [1.165, 1.54) is 22.3 Å². The average molecular weight is 372 g/mol. The van der Waals surface area contributed by atoms with Crippen molar-refractivity contribution in [2.24, 2.45) is 0 Å². The van der Waals surface area contributed by atoms with Gasteiger partial charge in [-0.05, 0) is 40.5 Å². The van der Waals surface area contributed by atoms with Gasteiger partial charge in [-0.15, -0.1) is 0 Å². The number of carbonyl (C=O) groups is 1. The predicted octanol–water partition coefficient (Wildman–Crippen LogP) is 4.42. The molecule has 28 heavy (non-hydrogen) atoms. The van der Waals surface area contributed by atoms with Gasteiger partial charge in [0.1, 0.15) is 19.0 Å². The number of anilines is 2. The lowest BCUT2D eigenvalue weighted by atomic mass is 9.98. The molecular weight excluding hydrogens is 352 g/mol. The summed E-state index contributed by atoms with van der Waals surface area (Å²) in [4.78, 5) is 14.5. The van der Waals surface area contributed by atoms with Crippen LogP contribution in [0.3, 0.4) is 0 Å². The first-order valence-electron chi connectivity index (χ1n) is 9.37. The van der Waals surface area contributed by atoms with Crippen molar-refractivity contribution in [3.05, 3.63) is 77.9 Å². The summed E-state index contributed by atoms with van der Waals surface area (Å²) in [5, 5.41) is 0. The molecule has 2 N–H and O–H groups in total. The Labute approximate surface area is 163 Å². The summed E-state index contributed by atoms with van der Waals surface area (Å²) in [6, 6.07) is 21.9. The summed E-state index contributed by atoms with van der Waals surface area (Å²) in [6.07, 6.45) is -0.378. The van der Waals surface area contributed by atoms with E-state index in [2.05, 4.69) is 24.3 Å². The van der Waals surface area contributed by atoms with Crippen LogP contribution in [-0.4, -0.2) is 25.9 Å². The van der Waals surface area contributed by atoms with E-state index in [1.54, 1.807) is 23.1 Å². The predicted molar refractivity (Wildman–Crippen MR) is 109 cm³/mol. The summed E-state index contributed by atoms with van der Waals surface area (Å²) in [6.45, 7) is 1.16. The number of carbonyl (C=O) groups excluding carboxylic acids is 1. The quantitative estimate of drug-likeness (QED) is 0.677. The Morgan fingerprint density at radius 2 is 1.71 bits per heavy atom. The number of hydrogen-bond acceptors (Lipinski definition) is 4. The summed E-state index contributed by atoms with van der Waals surface area (Å²) in [5.41, 5.74) is 11.9. The summed E-state index contributed by atoms with van der Waals surface area (Å²) < 4.78 is 11.4. The van der Waals surface area contributed by atoms with E-state index in [9.17, 15) is 4.79 Å². The van der Waals surface area contributed by atoms with Gasteiger partial charge in [0.25, 0.3) is 0 Å². The van der Waals surface area contributed by atoms with Crippen molar-refractivity contribution in [3.8, 4) is 16.9 Å². The molecule has 0 unspecified atom stereocenters. The zero-order valence-corrected chi connectivity index (χ0v) is 15.3. The van der Waals surface area contributed by atoms with Gasteiger partial charge in [0, 0.05) is 11.6 Å². The van der Waals surface area contributed by atoms with E-state index in [-0.39, 0.29) is 12.0 Å². The van der Waals surface area contributed by atoms with E-state index in [4.69, 9.17) is 15.2 Å². The third-order valence-electron chi connectivity index (χ3n) is 5.40. The highest BCUT2D eigenvalue weighted by atomic mass is 16.6. The van der Waals surface area contributed by atoms with Gasteiger partial charge < -0.3 is 15.2 Å². The molecule has 0 radical (unpaired) electrons. The van der Waals surface area contributed by atoms with Crippen molar-refractivity contribution in [2.45, 2.75) is 5.92 Å². The largest absolute Gasteiger partial charge is 0.490 e. The van der Waals surface area contributed by atoms with E-state index in [1.807, 2.05) is 24.3 Å². The molecule has 3 aromatic rings. The van der Waals surface area contributed by atoms with Gasteiger partial charge in [-0.25, -0.2) is 4.79 Å². The van der Waals surface area contributed by atoms with Crippen LogP contribution < -0.4 is 15.4 Å². The Morgan fingerprint density at radius 3 is 2.43 bits per heavy atom. The maximum atomic E-state index is 12.9. The van der Waals surface area contributed by atoms with Gasteiger partial charge in [0.15, 0.2) is 0 Å². The number of nitrogens with two attached hydrogens (primary N) is 1. The van der Waals surface area contributed by atoms with Gasteiger partial charge in [0.05, 0.1) is 12.2 Å². The van der Waals surface area contributed by atoms with Gasteiger partial charge in [0.2, 0.25) is 0 Å². The summed E-state index contributed by atoms with van der Waals surface area (Å²) >= 11 is 0. The molecule has 0 aromatic heterocycles. The molecule has 0 saturated carbocycles. The molecule has 2 aliphatic rings. The second kappa shape index (κ2) is 6.60. The fraction of sp³-hybridized carbons (Fsp3) is 0.174. The standard InChI is InChI=1S/C23H20N2O3/c24-15-9-10-22-21(13-15)25(11-12-27-22)23(26)28-14-20-18-7-3-1-5-16(18)17-6-2-4-8-19(17)20/h1-10,13,20H,11-12,14,24H2. The summed E-state index contributed by atoms with van der Waals surface area (Å²) in [7, 11) is 0. The van der Waals surface area contributed by atoms with E-state index in [0.717, 1.165) is 0 Å². The third-order valence-corrected chi connectivity index (χ3v) is 5.40. The number of nitrogens with zero attached hydrogens (tertiary/aromatic N) is 1. The molecule has 1 amide bonds. The minimum atomic E-state index is -0.378. The van der Waals surface area contributed by atoms with Gasteiger partial charge >= 0.3 is 6.09 Å². The fourth-order valence-corrected chi connectivity index (χ4v) is 4.10. The molecule has 5 nitrogen and oxygen atoms in total. The van der Waals surface area contributed by atoms with E-state index in [0.29, 0.717) is 36.9 Å². The second-order valence-electron chi connectivity index (χ2n) is 7.03. The van der Waals surface area contributed by atoms with Crippen LogP contribution in [0, 0.1) is 0 Å². The molecule has 1 aliphatic heterocycles. The highest BCUT2D eigenvalue weighted by Gasteiger charge is 2.31. The molecule has 3 aromatic carbocycles. The smallest absolute Gasteiger partial charge is 0.414 e. The third kappa shape index (κ3) is 2.67. The van der Waals surface area contributed by atoms with Gasteiger partial charge in [-0.2, -0.15) is 0 Å². The maximum Gasteiger partial charge on any atom is 0.414 e. The van der Waals surface area contributed by atoms with Crippen molar-refractivity contribution in [1.82, 2.24) is 0 Å². The number of hydrogen-bond donors (Lipinski definition) is 1. The second-order valence-corrected chi connectivity index (χ2v) is 7.03. The Balaban J connectivity index is 1.39. The van der Waals surface area contributed by atoms with Crippen LogP contribution in [-0.2, 0) is 4.74 Å². The van der Waals surface area contributed by atoms with Crippen molar-refractivity contribution in [2.75, 3.05) is 30.4 Å². The van der Waals surface area contributed by atoms with Crippen LogP contribution in [0.1, 0.15) is 17.0 Å². The monoisotopic (exact) mass is 372 g/mol. The lowest BCUT2D eigenvalue weighted by Gasteiger charge is -2.29. The average Bonchev–Trinajstić information content (AvgIpc) is 3.05. The number of nitrogen functional groups attached to an aromatic ring is 1. The molecule has 1 heterocycles. The number of benzene rings is 3. The van der Waals surface area contributed by atoms with Crippen LogP contribution in [0.15, 0.2) is 66.7 Å².